The quantitative estimate of drug-likeness (QED) is 0.578. The fourth-order valence-corrected chi connectivity index (χ4v) is 3.27. The molecule has 0 radical (unpaired) electrons. The molecule has 0 saturated heterocycles. The molecule has 1 atom stereocenters. The molecular weight excluding hydrogens is 412 g/mol. The number of sulfonamides is 1. The minimum atomic E-state index is -3.58. The minimum absolute atomic E-state index is 0.00163. The van der Waals surface area contributed by atoms with Crippen molar-refractivity contribution in [2.75, 3.05) is 31.8 Å². The van der Waals surface area contributed by atoms with Crippen molar-refractivity contribution in [3.05, 3.63) is 53.6 Å². The van der Waals surface area contributed by atoms with E-state index in [1.807, 2.05) is 0 Å². The molecule has 1 unspecified atom stereocenters. The van der Waals surface area contributed by atoms with E-state index < -0.39 is 34.5 Å². The number of benzene rings is 2. The number of carbonyl (C=O) groups excluding carboxylic acids is 2. The molecule has 0 aliphatic rings. The van der Waals surface area contributed by atoms with E-state index in [1.54, 1.807) is 37.3 Å². The average molecular weight is 436 g/mol. The van der Waals surface area contributed by atoms with Crippen LogP contribution in [0.25, 0.3) is 0 Å². The average Bonchev–Trinajstić information content (AvgIpc) is 2.70. The zero-order chi connectivity index (χ0) is 22.3. The topological polar surface area (TPSA) is 120 Å². The zero-order valence-corrected chi connectivity index (χ0v) is 17.9. The summed E-state index contributed by atoms with van der Waals surface area (Å²) < 4.78 is 40.7. The fourth-order valence-electron chi connectivity index (χ4n) is 2.70. The van der Waals surface area contributed by atoms with Gasteiger partial charge >= 0.3 is 5.97 Å². The SMILES string of the molecule is COc1ccc(OC)c(C(C)NC(=O)COC(=O)c2ccccc2NS(C)(=O)=O)c1. The van der Waals surface area contributed by atoms with Crippen molar-refractivity contribution in [3.63, 3.8) is 0 Å². The molecule has 30 heavy (non-hydrogen) atoms. The van der Waals surface area contributed by atoms with Gasteiger partial charge in [-0.2, -0.15) is 0 Å². The van der Waals surface area contributed by atoms with E-state index in [9.17, 15) is 18.0 Å². The standard InChI is InChI=1S/C20H24N2O7S/c1-13(16-11-14(27-2)9-10-18(16)28-3)21-19(23)12-29-20(24)15-7-5-6-8-17(15)22-30(4,25)26/h5-11,13,22H,12H2,1-4H3,(H,21,23). The Morgan fingerprint density at radius 3 is 2.40 bits per heavy atom. The summed E-state index contributed by atoms with van der Waals surface area (Å²) in [5.41, 5.74) is 0.761. The van der Waals surface area contributed by atoms with Crippen LogP contribution in [0.1, 0.15) is 28.9 Å². The summed E-state index contributed by atoms with van der Waals surface area (Å²) >= 11 is 0. The number of nitrogens with one attached hydrogen (secondary N) is 2. The minimum Gasteiger partial charge on any atom is -0.497 e. The van der Waals surface area contributed by atoms with Gasteiger partial charge in [0.1, 0.15) is 11.5 Å². The van der Waals surface area contributed by atoms with Crippen molar-refractivity contribution >= 4 is 27.6 Å². The molecule has 10 heteroatoms. The molecular formula is C20H24N2O7S. The second kappa shape index (κ2) is 9.97. The zero-order valence-electron chi connectivity index (χ0n) is 17.1. The molecule has 2 N–H and O–H groups in total. The highest BCUT2D eigenvalue weighted by Gasteiger charge is 2.19. The molecule has 0 aromatic heterocycles. The molecule has 0 fully saturated rings. The van der Waals surface area contributed by atoms with Crippen LogP contribution < -0.4 is 19.5 Å². The number of amides is 1. The number of para-hydroxylation sites is 1. The van der Waals surface area contributed by atoms with Crippen LogP contribution in [0.2, 0.25) is 0 Å². The Morgan fingerprint density at radius 2 is 1.77 bits per heavy atom. The van der Waals surface area contributed by atoms with Gasteiger partial charge in [-0.05, 0) is 37.3 Å². The first-order valence-electron chi connectivity index (χ1n) is 8.90. The Hall–Kier alpha value is -3.27. The summed E-state index contributed by atoms with van der Waals surface area (Å²) in [4.78, 5) is 24.6. The Balaban J connectivity index is 2.03. The van der Waals surface area contributed by atoms with Crippen LogP contribution in [0.4, 0.5) is 5.69 Å². The summed E-state index contributed by atoms with van der Waals surface area (Å²) in [6.07, 6.45) is 0.969. The van der Waals surface area contributed by atoms with Gasteiger partial charge in [0.05, 0.1) is 37.8 Å². The molecule has 1 amide bonds. The Morgan fingerprint density at radius 1 is 1.07 bits per heavy atom. The molecule has 0 saturated carbocycles. The van der Waals surface area contributed by atoms with Crippen LogP contribution in [-0.2, 0) is 19.6 Å². The monoisotopic (exact) mass is 436 g/mol. The number of methoxy groups -OCH3 is 2. The molecule has 2 rings (SSSR count). The maximum Gasteiger partial charge on any atom is 0.340 e. The van der Waals surface area contributed by atoms with E-state index in [0.717, 1.165) is 6.26 Å². The van der Waals surface area contributed by atoms with Crippen molar-refractivity contribution in [1.82, 2.24) is 5.32 Å². The predicted octanol–water partition coefficient (Wildman–Crippen LogP) is 2.11. The van der Waals surface area contributed by atoms with Gasteiger partial charge in [0.15, 0.2) is 6.61 Å². The van der Waals surface area contributed by atoms with Crippen molar-refractivity contribution in [1.29, 1.82) is 0 Å². The van der Waals surface area contributed by atoms with Crippen LogP contribution in [0.3, 0.4) is 0 Å². The highest BCUT2D eigenvalue weighted by atomic mass is 32.2. The van der Waals surface area contributed by atoms with E-state index in [0.29, 0.717) is 17.1 Å². The third kappa shape index (κ3) is 6.38. The maximum atomic E-state index is 12.3. The van der Waals surface area contributed by atoms with Crippen LogP contribution in [0, 0.1) is 0 Å². The summed E-state index contributed by atoms with van der Waals surface area (Å²) in [6, 6.07) is 10.7. The summed E-state index contributed by atoms with van der Waals surface area (Å²) in [5.74, 6) is -0.188. The van der Waals surface area contributed by atoms with Crippen LogP contribution in [0.15, 0.2) is 42.5 Å². The first-order valence-corrected chi connectivity index (χ1v) is 10.8. The van der Waals surface area contributed by atoms with Gasteiger partial charge in [-0.1, -0.05) is 12.1 Å². The van der Waals surface area contributed by atoms with E-state index in [1.165, 1.54) is 26.4 Å². The lowest BCUT2D eigenvalue weighted by atomic mass is 10.1. The number of hydrogen-bond acceptors (Lipinski definition) is 7. The molecule has 2 aromatic rings. The number of ether oxygens (including phenoxy) is 3. The number of rotatable bonds is 9. The van der Waals surface area contributed by atoms with Gasteiger partial charge in [0.2, 0.25) is 10.0 Å². The van der Waals surface area contributed by atoms with E-state index in [4.69, 9.17) is 14.2 Å². The third-order valence-corrected chi connectivity index (χ3v) is 4.65. The van der Waals surface area contributed by atoms with E-state index in [2.05, 4.69) is 10.0 Å². The molecule has 0 bridgehead atoms. The number of anilines is 1. The van der Waals surface area contributed by atoms with Crippen LogP contribution in [0.5, 0.6) is 11.5 Å². The van der Waals surface area contributed by atoms with Crippen LogP contribution >= 0.6 is 0 Å². The molecule has 0 aliphatic heterocycles. The lowest BCUT2D eigenvalue weighted by Crippen LogP contribution is -2.31. The molecule has 0 heterocycles. The lowest BCUT2D eigenvalue weighted by Gasteiger charge is -2.18. The van der Waals surface area contributed by atoms with Gasteiger partial charge in [0, 0.05) is 5.56 Å². The maximum absolute atomic E-state index is 12.3. The van der Waals surface area contributed by atoms with Crippen molar-refractivity contribution in [2.45, 2.75) is 13.0 Å². The van der Waals surface area contributed by atoms with Crippen molar-refractivity contribution in [3.8, 4) is 11.5 Å². The highest BCUT2D eigenvalue weighted by molar-refractivity contribution is 7.92. The van der Waals surface area contributed by atoms with Crippen molar-refractivity contribution in [2.24, 2.45) is 0 Å². The normalized spacial score (nSPS) is 11.9. The number of hydrogen-bond donors (Lipinski definition) is 2. The fraction of sp³-hybridized carbons (Fsp3) is 0.300. The van der Waals surface area contributed by atoms with Crippen LogP contribution in [-0.4, -0.2) is 47.4 Å². The van der Waals surface area contributed by atoms with Gasteiger partial charge < -0.3 is 19.5 Å². The number of esters is 1. The van der Waals surface area contributed by atoms with Gasteiger partial charge in [-0.25, -0.2) is 13.2 Å². The predicted molar refractivity (Wildman–Crippen MR) is 111 cm³/mol. The second-order valence-electron chi connectivity index (χ2n) is 6.39. The lowest BCUT2D eigenvalue weighted by molar-refractivity contribution is -0.124. The van der Waals surface area contributed by atoms with E-state index >= 15 is 0 Å². The summed E-state index contributed by atoms with van der Waals surface area (Å²) in [5, 5.41) is 2.72. The largest absolute Gasteiger partial charge is 0.497 e. The molecule has 2 aromatic carbocycles. The summed E-state index contributed by atoms with van der Waals surface area (Å²) in [7, 11) is -0.533. The Kier molecular flexibility index (Phi) is 7.65. The Bertz CT molecular complexity index is 1020. The Labute approximate surface area is 175 Å². The molecule has 0 aliphatic carbocycles. The van der Waals surface area contributed by atoms with Gasteiger partial charge in [-0.15, -0.1) is 0 Å². The van der Waals surface area contributed by atoms with Gasteiger partial charge in [0.25, 0.3) is 5.91 Å². The summed E-state index contributed by atoms with van der Waals surface area (Å²) in [6.45, 7) is 1.21. The van der Waals surface area contributed by atoms with Gasteiger partial charge in [-0.3, -0.25) is 9.52 Å². The molecule has 0 spiro atoms. The third-order valence-electron chi connectivity index (χ3n) is 4.06. The number of carbonyl (C=O) groups is 2. The molecule has 162 valence electrons. The first-order chi connectivity index (χ1) is 14.1. The highest BCUT2D eigenvalue weighted by Crippen LogP contribution is 2.29. The molecule has 9 nitrogen and oxygen atoms in total. The smallest absolute Gasteiger partial charge is 0.340 e. The second-order valence-corrected chi connectivity index (χ2v) is 8.14. The van der Waals surface area contributed by atoms with E-state index in [-0.39, 0.29) is 11.3 Å². The van der Waals surface area contributed by atoms with Crippen molar-refractivity contribution < 1.29 is 32.2 Å². The first kappa shape index (κ1) is 23.0.